The molecule has 16 heavy (non-hydrogen) atoms. The van der Waals surface area contributed by atoms with Gasteiger partial charge in [-0.05, 0) is 24.5 Å². The van der Waals surface area contributed by atoms with Crippen LogP contribution in [0.1, 0.15) is 12.0 Å². The molecule has 0 aliphatic carbocycles. The topological polar surface area (TPSA) is 32.3 Å². The third-order valence-corrected chi connectivity index (χ3v) is 2.92. The van der Waals surface area contributed by atoms with E-state index in [1.165, 1.54) is 5.56 Å². The molecule has 2 amide bonds. The van der Waals surface area contributed by atoms with Crippen molar-refractivity contribution >= 4 is 23.3 Å². The number of nitrogens with one attached hydrogen (secondary N) is 1. The van der Waals surface area contributed by atoms with Gasteiger partial charge in [-0.15, -0.1) is 11.6 Å². The lowest BCUT2D eigenvalue weighted by molar-refractivity contribution is 0.246. The summed E-state index contributed by atoms with van der Waals surface area (Å²) in [5, 5.41) is 2.80. The van der Waals surface area contributed by atoms with Gasteiger partial charge in [0.05, 0.1) is 0 Å². The normalized spacial score (nSPS) is 14.4. The molecule has 0 saturated heterocycles. The van der Waals surface area contributed by atoms with Crippen molar-refractivity contribution in [1.29, 1.82) is 0 Å². The number of carbonyl (C=O) groups excluding carboxylic acids is 1. The van der Waals surface area contributed by atoms with Gasteiger partial charge in [-0.25, -0.2) is 4.79 Å². The fourth-order valence-corrected chi connectivity index (χ4v) is 2.09. The Hall–Kier alpha value is -1.22. The molecule has 86 valence electrons. The molecule has 0 aromatic heterocycles. The molecule has 2 rings (SSSR count). The molecule has 1 N–H and O–H groups in total. The zero-order valence-corrected chi connectivity index (χ0v) is 9.83. The maximum Gasteiger partial charge on any atom is 0.321 e. The van der Waals surface area contributed by atoms with E-state index in [1.807, 2.05) is 18.2 Å². The van der Waals surface area contributed by atoms with Gasteiger partial charge in [-0.1, -0.05) is 18.2 Å². The standard InChI is InChI=1S/C12H15ClN2O/c13-7-8-14-12(16)15-9-3-5-10-4-1-2-6-11(10)15/h1-2,4,6H,3,5,7-9H2,(H,14,16). The molecule has 1 aliphatic rings. The maximum absolute atomic E-state index is 11.9. The number of carbonyl (C=O) groups is 1. The molecular formula is C12H15ClN2O. The van der Waals surface area contributed by atoms with E-state index in [9.17, 15) is 4.79 Å². The minimum Gasteiger partial charge on any atom is -0.336 e. The fourth-order valence-electron chi connectivity index (χ4n) is 1.99. The van der Waals surface area contributed by atoms with Gasteiger partial charge in [-0.3, -0.25) is 4.90 Å². The van der Waals surface area contributed by atoms with Crippen molar-refractivity contribution < 1.29 is 4.79 Å². The number of anilines is 1. The summed E-state index contributed by atoms with van der Waals surface area (Å²) in [6.07, 6.45) is 2.07. The van der Waals surface area contributed by atoms with E-state index in [4.69, 9.17) is 11.6 Å². The lowest BCUT2D eigenvalue weighted by Gasteiger charge is -2.29. The zero-order valence-electron chi connectivity index (χ0n) is 9.08. The predicted molar refractivity (Wildman–Crippen MR) is 66.2 cm³/mol. The van der Waals surface area contributed by atoms with Crippen LogP contribution in [0.3, 0.4) is 0 Å². The Kier molecular flexibility index (Phi) is 3.67. The van der Waals surface area contributed by atoms with Gasteiger partial charge >= 0.3 is 6.03 Å². The first-order valence-electron chi connectivity index (χ1n) is 5.52. The summed E-state index contributed by atoms with van der Waals surface area (Å²) < 4.78 is 0. The summed E-state index contributed by atoms with van der Waals surface area (Å²) in [7, 11) is 0. The summed E-state index contributed by atoms with van der Waals surface area (Å²) in [5.74, 6) is 0.446. The summed E-state index contributed by atoms with van der Waals surface area (Å²) in [5.41, 5.74) is 2.27. The van der Waals surface area contributed by atoms with Gasteiger partial charge in [0.1, 0.15) is 0 Å². The molecule has 0 fully saturated rings. The predicted octanol–water partition coefficient (Wildman–Crippen LogP) is 2.39. The van der Waals surface area contributed by atoms with Crippen LogP contribution in [0.15, 0.2) is 24.3 Å². The molecule has 4 heteroatoms. The van der Waals surface area contributed by atoms with Crippen LogP contribution in [-0.4, -0.2) is 25.0 Å². The number of nitrogens with zero attached hydrogens (tertiary/aromatic N) is 1. The summed E-state index contributed by atoms with van der Waals surface area (Å²) in [4.78, 5) is 13.7. The lowest BCUT2D eigenvalue weighted by atomic mass is 10.0. The molecule has 0 atom stereocenters. The average molecular weight is 239 g/mol. The van der Waals surface area contributed by atoms with Crippen LogP contribution in [0.5, 0.6) is 0 Å². The quantitative estimate of drug-likeness (QED) is 0.789. The van der Waals surface area contributed by atoms with Gasteiger partial charge in [0, 0.05) is 24.7 Å². The highest BCUT2D eigenvalue weighted by Gasteiger charge is 2.21. The largest absolute Gasteiger partial charge is 0.336 e. The first-order valence-corrected chi connectivity index (χ1v) is 6.05. The number of halogens is 1. The van der Waals surface area contributed by atoms with Gasteiger partial charge in [0.15, 0.2) is 0 Å². The second-order valence-corrected chi connectivity index (χ2v) is 4.18. The highest BCUT2D eigenvalue weighted by Crippen LogP contribution is 2.26. The Labute approximate surface area is 100 Å². The number of hydrogen-bond donors (Lipinski definition) is 1. The number of rotatable bonds is 2. The number of amides is 2. The Morgan fingerprint density at radius 1 is 1.44 bits per heavy atom. The Bertz CT molecular complexity index is 381. The van der Waals surface area contributed by atoms with E-state index >= 15 is 0 Å². The van der Waals surface area contributed by atoms with Crippen molar-refractivity contribution in [2.45, 2.75) is 12.8 Å². The number of hydrogen-bond acceptors (Lipinski definition) is 1. The van der Waals surface area contributed by atoms with Crippen molar-refractivity contribution in [1.82, 2.24) is 5.32 Å². The monoisotopic (exact) mass is 238 g/mol. The van der Waals surface area contributed by atoms with Crippen LogP contribution in [-0.2, 0) is 6.42 Å². The van der Waals surface area contributed by atoms with E-state index in [0.717, 1.165) is 25.1 Å². The minimum absolute atomic E-state index is 0.0483. The number of aryl methyl sites for hydroxylation is 1. The molecule has 0 unspecified atom stereocenters. The molecule has 1 aromatic carbocycles. The zero-order chi connectivity index (χ0) is 11.4. The molecule has 0 bridgehead atoms. The number of alkyl halides is 1. The van der Waals surface area contributed by atoms with Crippen molar-refractivity contribution in [2.24, 2.45) is 0 Å². The third kappa shape index (κ3) is 2.30. The lowest BCUT2D eigenvalue weighted by Crippen LogP contribution is -2.43. The molecule has 1 aromatic rings. The van der Waals surface area contributed by atoms with Crippen molar-refractivity contribution in [2.75, 3.05) is 23.9 Å². The highest BCUT2D eigenvalue weighted by atomic mass is 35.5. The van der Waals surface area contributed by atoms with E-state index < -0.39 is 0 Å². The average Bonchev–Trinajstić information content (AvgIpc) is 2.35. The first-order chi connectivity index (χ1) is 7.83. The Balaban J connectivity index is 2.15. The molecular weight excluding hydrogens is 224 g/mol. The van der Waals surface area contributed by atoms with Gasteiger partial charge in [-0.2, -0.15) is 0 Å². The minimum atomic E-state index is -0.0483. The van der Waals surface area contributed by atoms with E-state index in [1.54, 1.807) is 4.90 Å². The summed E-state index contributed by atoms with van der Waals surface area (Å²) in [6, 6.07) is 8.00. The fraction of sp³-hybridized carbons (Fsp3) is 0.417. The van der Waals surface area contributed by atoms with Crippen molar-refractivity contribution in [3.05, 3.63) is 29.8 Å². The van der Waals surface area contributed by atoms with E-state index in [-0.39, 0.29) is 6.03 Å². The third-order valence-electron chi connectivity index (χ3n) is 2.73. The Morgan fingerprint density at radius 3 is 3.06 bits per heavy atom. The maximum atomic E-state index is 11.9. The Morgan fingerprint density at radius 2 is 2.25 bits per heavy atom. The number of urea groups is 1. The van der Waals surface area contributed by atoms with E-state index in [0.29, 0.717) is 12.4 Å². The number of benzene rings is 1. The van der Waals surface area contributed by atoms with E-state index in [2.05, 4.69) is 11.4 Å². The van der Waals surface area contributed by atoms with Crippen molar-refractivity contribution in [3.63, 3.8) is 0 Å². The second kappa shape index (κ2) is 5.21. The van der Waals surface area contributed by atoms with Crippen LogP contribution < -0.4 is 10.2 Å². The number of para-hydroxylation sites is 1. The van der Waals surface area contributed by atoms with Crippen LogP contribution in [0.4, 0.5) is 10.5 Å². The molecule has 0 saturated carbocycles. The molecule has 0 radical (unpaired) electrons. The summed E-state index contributed by atoms with van der Waals surface area (Å²) >= 11 is 5.55. The van der Waals surface area contributed by atoms with Gasteiger partial charge in [0.2, 0.25) is 0 Å². The van der Waals surface area contributed by atoms with Crippen LogP contribution in [0.25, 0.3) is 0 Å². The van der Waals surface area contributed by atoms with Gasteiger partial charge < -0.3 is 5.32 Å². The molecule has 0 spiro atoms. The van der Waals surface area contributed by atoms with Crippen molar-refractivity contribution in [3.8, 4) is 0 Å². The molecule has 1 heterocycles. The van der Waals surface area contributed by atoms with Crippen LogP contribution in [0, 0.1) is 0 Å². The smallest absolute Gasteiger partial charge is 0.321 e. The second-order valence-electron chi connectivity index (χ2n) is 3.80. The van der Waals surface area contributed by atoms with Gasteiger partial charge in [0.25, 0.3) is 0 Å². The van der Waals surface area contributed by atoms with Crippen LogP contribution >= 0.6 is 11.6 Å². The SMILES string of the molecule is O=C(NCCCl)N1CCCc2ccccc21. The number of fused-ring (bicyclic) bond motifs is 1. The molecule has 3 nitrogen and oxygen atoms in total. The summed E-state index contributed by atoms with van der Waals surface area (Å²) in [6.45, 7) is 1.30. The first kappa shape index (κ1) is 11.3. The molecule has 1 aliphatic heterocycles. The highest BCUT2D eigenvalue weighted by molar-refractivity contribution is 6.18. The van der Waals surface area contributed by atoms with Crippen LogP contribution in [0.2, 0.25) is 0 Å².